The second kappa shape index (κ2) is 4.74. The first-order chi connectivity index (χ1) is 8.33. The first-order valence-electron chi connectivity index (χ1n) is 6.65. The van der Waals surface area contributed by atoms with Crippen molar-refractivity contribution < 1.29 is 0 Å². The maximum absolute atomic E-state index is 4.30. The molecule has 1 aromatic heterocycles. The van der Waals surface area contributed by atoms with Crippen molar-refractivity contribution in [2.24, 2.45) is 7.05 Å². The molecule has 94 valence electrons. The van der Waals surface area contributed by atoms with E-state index in [2.05, 4.69) is 20.3 Å². The summed E-state index contributed by atoms with van der Waals surface area (Å²) in [5.74, 6) is 0.946. The SMILES string of the molecule is Cn1cnc(CCNC2CCN3CCCC23)n1. The first kappa shape index (κ1) is 11.2. The van der Waals surface area contributed by atoms with Crippen molar-refractivity contribution >= 4 is 0 Å². The molecule has 2 aliphatic heterocycles. The van der Waals surface area contributed by atoms with E-state index in [4.69, 9.17) is 0 Å². The maximum atomic E-state index is 4.30. The second-order valence-electron chi connectivity index (χ2n) is 5.18. The molecule has 2 atom stereocenters. The minimum Gasteiger partial charge on any atom is -0.312 e. The molecular formula is C12H21N5. The molecule has 0 aromatic carbocycles. The summed E-state index contributed by atoms with van der Waals surface area (Å²) in [5.41, 5.74) is 0. The summed E-state index contributed by atoms with van der Waals surface area (Å²) < 4.78 is 1.77. The Hall–Kier alpha value is -0.940. The van der Waals surface area contributed by atoms with Crippen LogP contribution in [0.5, 0.6) is 0 Å². The predicted molar refractivity (Wildman–Crippen MR) is 65.7 cm³/mol. The van der Waals surface area contributed by atoms with E-state index in [1.54, 1.807) is 11.0 Å². The molecule has 0 radical (unpaired) electrons. The van der Waals surface area contributed by atoms with Crippen LogP contribution in [0.3, 0.4) is 0 Å². The van der Waals surface area contributed by atoms with E-state index in [9.17, 15) is 0 Å². The van der Waals surface area contributed by atoms with Gasteiger partial charge in [0.05, 0.1) is 0 Å². The molecule has 5 nitrogen and oxygen atoms in total. The van der Waals surface area contributed by atoms with E-state index in [-0.39, 0.29) is 0 Å². The third kappa shape index (κ3) is 2.35. The van der Waals surface area contributed by atoms with Gasteiger partial charge in [0, 0.05) is 38.6 Å². The van der Waals surface area contributed by atoms with Gasteiger partial charge in [-0.1, -0.05) is 0 Å². The molecule has 2 saturated heterocycles. The van der Waals surface area contributed by atoms with E-state index in [0.29, 0.717) is 6.04 Å². The standard InChI is InChI=1S/C12H21N5/c1-16-9-14-12(15-16)4-6-13-10-5-8-17-7-2-3-11(10)17/h9-11,13H,2-8H2,1H3. The largest absolute Gasteiger partial charge is 0.312 e. The van der Waals surface area contributed by atoms with Gasteiger partial charge in [0.25, 0.3) is 0 Å². The van der Waals surface area contributed by atoms with Gasteiger partial charge >= 0.3 is 0 Å². The van der Waals surface area contributed by atoms with Crippen molar-refractivity contribution in [3.05, 3.63) is 12.2 Å². The van der Waals surface area contributed by atoms with E-state index in [0.717, 1.165) is 24.8 Å². The van der Waals surface area contributed by atoms with E-state index in [1.807, 2.05) is 7.05 Å². The number of nitrogens with zero attached hydrogens (tertiary/aromatic N) is 4. The van der Waals surface area contributed by atoms with Gasteiger partial charge in [-0.15, -0.1) is 0 Å². The number of hydrogen-bond donors (Lipinski definition) is 1. The molecular weight excluding hydrogens is 214 g/mol. The van der Waals surface area contributed by atoms with Crippen molar-refractivity contribution in [1.29, 1.82) is 0 Å². The second-order valence-corrected chi connectivity index (χ2v) is 5.18. The molecule has 3 rings (SSSR count). The average Bonchev–Trinajstić information content (AvgIpc) is 2.97. The summed E-state index contributed by atoms with van der Waals surface area (Å²) in [6, 6.07) is 1.49. The average molecular weight is 235 g/mol. The number of rotatable bonds is 4. The molecule has 0 aliphatic carbocycles. The fourth-order valence-corrected chi connectivity index (χ4v) is 3.19. The van der Waals surface area contributed by atoms with Crippen LogP contribution >= 0.6 is 0 Å². The van der Waals surface area contributed by atoms with Crippen LogP contribution in [-0.4, -0.2) is 51.4 Å². The summed E-state index contributed by atoms with van der Waals surface area (Å²) in [7, 11) is 1.91. The predicted octanol–water partition coefficient (Wildman–Crippen LogP) is 0.184. The summed E-state index contributed by atoms with van der Waals surface area (Å²) in [4.78, 5) is 6.88. The highest BCUT2D eigenvalue weighted by Gasteiger charge is 2.36. The molecule has 1 aromatic rings. The molecule has 0 bridgehead atoms. The highest BCUT2D eigenvalue weighted by atomic mass is 15.3. The normalized spacial score (nSPS) is 28.8. The van der Waals surface area contributed by atoms with Gasteiger partial charge in [-0.2, -0.15) is 5.10 Å². The summed E-state index contributed by atoms with van der Waals surface area (Å²) in [6.07, 6.45) is 6.76. The third-order valence-corrected chi connectivity index (χ3v) is 4.01. The van der Waals surface area contributed by atoms with Crippen LogP contribution in [0.2, 0.25) is 0 Å². The summed E-state index contributed by atoms with van der Waals surface area (Å²) >= 11 is 0. The van der Waals surface area contributed by atoms with Crippen LogP contribution < -0.4 is 5.32 Å². The zero-order valence-electron chi connectivity index (χ0n) is 10.5. The highest BCUT2D eigenvalue weighted by Crippen LogP contribution is 2.27. The lowest BCUT2D eigenvalue weighted by molar-refractivity contribution is 0.299. The molecule has 2 fully saturated rings. The lowest BCUT2D eigenvalue weighted by Gasteiger charge is -2.20. The Morgan fingerprint density at radius 1 is 1.41 bits per heavy atom. The van der Waals surface area contributed by atoms with Crippen LogP contribution in [-0.2, 0) is 13.5 Å². The molecule has 0 spiro atoms. The van der Waals surface area contributed by atoms with Gasteiger partial charge in [-0.05, 0) is 25.8 Å². The zero-order chi connectivity index (χ0) is 11.7. The fraction of sp³-hybridized carbons (Fsp3) is 0.833. The van der Waals surface area contributed by atoms with Crippen molar-refractivity contribution in [1.82, 2.24) is 25.0 Å². The van der Waals surface area contributed by atoms with Crippen LogP contribution in [0.15, 0.2) is 6.33 Å². The van der Waals surface area contributed by atoms with E-state index < -0.39 is 0 Å². The molecule has 3 heterocycles. The number of hydrogen-bond acceptors (Lipinski definition) is 4. The first-order valence-corrected chi connectivity index (χ1v) is 6.65. The molecule has 0 amide bonds. The van der Waals surface area contributed by atoms with Gasteiger partial charge in [-0.3, -0.25) is 9.58 Å². The van der Waals surface area contributed by atoms with Crippen molar-refractivity contribution in [2.75, 3.05) is 19.6 Å². The molecule has 2 unspecified atom stereocenters. The van der Waals surface area contributed by atoms with Gasteiger partial charge in [0.15, 0.2) is 5.82 Å². The van der Waals surface area contributed by atoms with Crippen LogP contribution in [0.4, 0.5) is 0 Å². The fourth-order valence-electron chi connectivity index (χ4n) is 3.19. The smallest absolute Gasteiger partial charge is 0.151 e. The van der Waals surface area contributed by atoms with Crippen LogP contribution in [0.1, 0.15) is 25.1 Å². The Morgan fingerprint density at radius 2 is 2.35 bits per heavy atom. The van der Waals surface area contributed by atoms with Crippen LogP contribution in [0, 0.1) is 0 Å². The van der Waals surface area contributed by atoms with Gasteiger partial charge in [-0.25, -0.2) is 4.98 Å². The van der Waals surface area contributed by atoms with Crippen molar-refractivity contribution in [3.8, 4) is 0 Å². The molecule has 2 aliphatic rings. The van der Waals surface area contributed by atoms with Crippen molar-refractivity contribution in [3.63, 3.8) is 0 Å². The topological polar surface area (TPSA) is 46.0 Å². The molecule has 0 saturated carbocycles. The maximum Gasteiger partial charge on any atom is 0.151 e. The lowest BCUT2D eigenvalue weighted by atomic mass is 10.1. The Kier molecular flexibility index (Phi) is 3.11. The van der Waals surface area contributed by atoms with Crippen molar-refractivity contribution in [2.45, 2.75) is 37.8 Å². The Balaban J connectivity index is 1.45. The highest BCUT2D eigenvalue weighted by molar-refractivity contribution is 4.96. The minimum absolute atomic E-state index is 0.696. The zero-order valence-corrected chi connectivity index (χ0v) is 10.5. The van der Waals surface area contributed by atoms with Gasteiger partial charge in [0.2, 0.25) is 0 Å². The summed E-state index contributed by atoms with van der Waals surface area (Å²) in [5, 5.41) is 7.98. The number of aromatic nitrogens is 3. The monoisotopic (exact) mass is 235 g/mol. The molecule has 1 N–H and O–H groups in total. The minimum atomic E-state index is 0.696. The number of aryl methyl sites for hydroxylation is 1. The van der Waals surface area contributed by atoms with Gasteiger partial charge in [0.1, 0.15) is 6.33 Å². The Morgan fingerprint density at radius 3 is 3.18 bits per heavy atom. The van der Waals surface area contributed by atoms with Gasteiger partial charge < -0.3 is 5.32 Å². The lowest BCUT2D eigenvalue weighted by Crippen LogP contribution is -2.40. The van der Waals surface area contributed by atoms with Crippen LogP contribution in [0.25, 0.3) is 0 Å². The molecule has 17 heavy (non-hydrogen) atoms. The van der Waals surface area contributed by atoms with E-state index in [1.165, 1.54) is 32.4 Å². The quantitative estimate of drug-likeness (QED) is 0.809. The number of nitrogens with one attached hydrogen (secondary N) is 1. The Labute approximate surface area is 102 Å². The third-order valence-electron chi connectivity index (χ3n) is 4.01. The summed E-state index contributed by atoms with van der Waals surface area (Å²) in [6.45, 7) is 3.59. The number of fused-ring (bicyclic) bond motifs is 1. The Bertz CT molecular complexity index is 375. The van der Waals surface area contributed by atoms with E-state index >= 15 is 0 Å². The molecule has 5 heteroatoms.